The maximum atomic E-state index is 13.3. The summed E-state index contributed by atoms with van der Waals surface area (Å²) in [6.07, 6.45) is 6.30. The third-order valence-electron chi connectivity index (χ3n) is 6.52. The van der Waals surface area contributed by atoms with E-state index in [1.165, 1.54) is 23.6 Å². The fourth-order valence-electron chi connectivity index (χ4n) is 4.42. The van der Waals surface area contributed by atoms with Gasteiger partial charge < -0.3 is 5.11 Å². The highest BCUT2D eigenvalue weighted by atomic mass is 32.2. The summed E-state index contributed by atoms with van der Waals surface area (Å²) in [7, 11) is -3.97. The SMILES string of the molecule is CC(C=CC1=C(C)CCCC1(C)C)=CCC(C(C)=CCO)S(=O)(=O)c1ccc(C(F)(F)F)cc1. The molecule has 0 aliphatic heterocycles. The van der Waals surface area contributed by atoms with Crippen molar-refractivity contribution in [3.8, 4) is 0 Å². The van der Waals surface area contributed by atoms with E-state index in [1.807, 2.05) is 19.1 Å². The number of benzene rings is 1. The first-order chi connectivity index (χ1) is 15.7. The Balaban J connectivity index is 2.33. The minimum absolute atomic E-state index is 0.0913. The monoisotopic (exact) mass is 496 g/mol. The van der Waals surface area contributed by atoms with Crippen LogP contribution >= 0.6 is 0 Å². The van der Waals surface area contributed by atoms with Crippen LogP contribution in [0, 0.1) is 5.41 Å². The van der Waals surface area contributed by atoms with Gasteiger partial charge >= 0.3 is 6.18 Å². The van der Waals surface area contributed by atoms with Crippen LogP contribution in [0.4, 0.5) is 13.2 Å². The van der Waals surface area contributed by atoms with Crippen LogP contribution in [0.1, 0.15) is 65.9 Å². The van der Waals surface area contributed by atoms with E-state index in [0.717, 1.165) is 42.7 Å². The summed E-state index contributed by atoms with van der Waals surface area (Å²) in [6, 6.07) is 3.55. The molecule has 0 spiro atoms. The zero-order chi connectivity index (χ0) is 25.7. The molecule has 1 unspecified atom stereocenters. The van der Waals surface area contributed by atoms with Gasteiger partial charge in [-0.1, -0.05) is 54.9 Å². The number of halogens is 3. The Kier molecular flexibility index (Phi) is 9.16. The Hall–Kier alpha value is -2.12. The van der Waals surface area contributed by atoms with Gasteiger partial charge in [0.15, 0.2) is 9.84 Å². The first-order valence-electron chi connectivity index (χ1n) is 11.4. The van der Waals surface area contributed by atoms with E-state index in [1.54, 1.807) is 6.92 Å². The van der Waals surface area contributed by atoms with Crippen molar-refractivity contribution in [2.24, 2.45) is 5.41 Å². The molecule has 1 aromatic carbocycles. The van der Waals surface area contributed by atoms with Crippen LogP contribution in [0.3, 0.4) is 0 Å². The zero-order valence-corrected chi connectivity index (χ0v) is 21.4. The molecule has 0 heterocycles. The molecule has 0 radical (unpaired) electrons. The van der Waals surface area contributed by atoms with Crippen molar-refractivity contribution < 1.29 is 26.7 Å². The van der Waals surface area contributed by atoms with Crippen molar-refractivity contribution in [2.45, 2.75) is 76.6 Å². The van der Waals surface area contributed by atoms with Crippen LogP contribution in [0.25, 0.3) is 0 Å². The lowest BCUT2D eigenvalue weighted by Gasteiger charge is -2.33. The van der Waals surface area contributed by atoms with Gasteiger partial charge in [0.05, 0.1) is 22.3 Å². The molecule has 1 aromatic rings. The smallest absolute Gasteiger partial charge is 0.392 e. The van der Waals surface area contributed by atoms with Gasteiger partial charge in [0, 0.05) is 0 Å². The minimum Gasteiger partial charge on any atom is -0.392 e. The maximum absolute atomic E-state index is 13.3. The van der Waals surface area contributed by atoms with E-state index in [9.17, 15) is 26.7 Å². The third kappa shape index (κ3) is 6.95. The largest absolute Gasteiger partial charge is 0.416 e. The first-order valence-corrected chi connectivity index (χ1v) is 13.0. The van der Waals surface area contributed by atoms with Gasteiger partial charge in [-0.2, -0.15) is 13.2 Å². The molecule has 7 heteroatoms. The van der Waals surface area contributed by atoms with Crippen molar-refractivity contribution in [3.05, 3.63) is 76.4 Å². The van der Waals surface area contributed by atoms with Crippen LogP contribution in [-0.4, -0.2) is 25.4 Å². The third-order valence-corrected chi connectivity index (χ3v) is 8.76. The van der Waals surface area contributed by atoms with E-state index >= 15 is 0 Å². The molecule has 3 nitrogen and oxygen atoms in total. The van der Waals surface area contributed by atoms with Gasteiger partial charge in [0.25, 0.3) is 0 Å². The number of allylic oxidation sites excluding steroid dienone is 6. The molecule has 0 bridgehead atoms. The van der Waals surface area contributed by atoms with Crippen LogP contribution in [0.2, 0.25) is 0 Å². The first kappa shape index (κ1) is 28.1. The Morgan fingerprint density at radius 1 is 1.15 bits per heavy atom. The number of sulfone groups is 1. The highest BCUT2D eigenvalue weighted by Crippen LogP contribution is 2.41. The summed E-state index contributed by atoms with van der Waals surface area (Å²) < 4.78 is 65.3. The molecule has 188 valence electrons. The van der Waals surface area contributed by atoms with Crippen molar-refractivity contribution in [1.29, 1.82) is 0 Å². The molecule has 0 fully saturated rings. The minimum atomic E-state index is -4.54. The number of aliphatic hydroxyl groups excluding tert-OH is 1. The predicted octanol–water partition coefficient (Wildman–Crippen LogP) is 7.21. The highest BCUT2D eigenvalue weighted by Gasteiger charge is 2.32. The fourth-order valence-corrected chi connectivity index (χ4v) is 6.20. The van der Waals surface area contributed by atoms with Crippen molar-refractivity contribution in [3.63, 3.8) is 0 Å². The topological polar surface area (TPSA) is 54.4 Å². The summed E-state index contributed by atoms with van der Waals surface area (Å²) in [5, 5.41) is 8.31. The van der Waals surface area contributed by atoms with E-state index in [2.05, 4.69) is 26.8 Å². The fraction of sp³-hybridized carbons (Fsp3) is 0.481. The molecule has 0 aromatic heterocycles. The Morgan fingerprint density at radius 2 is 1.76 bits per heavy atom. The summed E-state index contributed by atoms with van der Waals surface area (Å²) in [5.41, 5.74) is 3.20. The summed E-state index contributed by atoms with van der Waals surface area (Å²) in [4.78, 5) is -0.178. The normalized spacial score (nSPS) is 19.1. The summed E-state index contributed by atoms with van der Waals surface area (Å²) in [5.74, 6) is 0. The lowest BCUT2D eigenvalue weighted by Crippen LogP contribution is -2.23. The standard InChI is InChI=1S/C27H35F3O3S/c1-19(8-14-24-20(2)7-6-17-26(24,4)5)9-15-25(21(3)16-18-31)34(32,33)23-12-10-22(11-13-23)27(28,29)30/h8-14,16,25,31H,6-7,15,17-18H2,1-5H3. The Bertz CT molecular complexity index is 1090. The van der Waals surface area contributed by atoms with E-state index in [4.69, 9.17) is 0 Å². The van der Waals surface area contributed by atoms with Crippen molar-refractivity contribution >= 4 is 9.84 Å². The van der Waals surface area contributed by atoms with Gasteiger partial charge in [-0.25, -0.2) is 8.42 Å². The molecule has 1 aliphatic carbocycles. The lowest BCUT2D eigenvalue weighted by atomic mass is 9.72. The molecule has 1 atom stereocenters. The van der Waals surface area contributed by atoms with E-state index in [0.29, 0.717) is 5.57 Å². The van der Waals surface area contributed by atoms with Gasteiger partial charge in [-0.15, -0.1) is 0 Å². The molecule has 1 aliphatic rings. The van der Waals surface area contributed by atoms with Crippen LogP contribution in [0.5, 0.6) is 0 Å². The van der Waals surface area contributed by atoms with Crippen molar-refractivity contribution in [1.82, 2.24) is 0 Å². The van der Waals surface area contributed by atoms with Gasteiger partial charge in [-0.3, -0.25) is 0 Å². The Morgan fingerprint density at radius 3 is 2.29 bits per heavy atom. The average molecular weight is 497 g/mol. The summed E-state index contributed by atoms with van der Waals surface area (Å²) in [6.45, 7) is 9.79. The maximum Gasteiger partial charge on any atom is 0.416 e. The second-order valence-electron chi connectivity index (χ2n) is 9.64. The zero-order valence-electron chi connectivity index (χ0n) is 20.5. The number of rotatable bonds is 8. The number of aliphatic hydroxyl groups is 1. The van der Waals surface area contributed by atoms with Gasteiger partial charge in [-0.05, 0) is 81.7 Å². The van der Waals surface area contributed by atoms with Gasteiger partial charge in [0.2, 0.25) is 0 Å². The second kappa shape index (κ2) is 11.1. The molecular weight excluding hydrogens is 461 g/mol. The van der Waals surface area contributed by atoms with Crippen molar-refractivity contribution in [2.75, 3.05) is 6.61 Å². The molecule has 1 N–H and O–H groups in total. The number of alkyl halides is 3. The Labute approximate surface area is 201 Å². The second-order valence-corrected chi connectivity index (χ2v) is 11.8. The van der Waals surface area contributed by atoms with Gasteiger partial charge in [0.1, 0.15) is 0 Å². The average Bonchev–Trinajstić information content (AvgIpc) is 2.72. The van der Waals surface area contributed by atoms with Crippen LogP contribution in [0.15, 0.2) is 75.8 Å². The summed E-state index contributed by atoms with van der Waals surface area (Å²) >= 11 is 0. The number of hydrogen-bond donors (Lipinski definition) is 1. The van der Waals surface area contributed by atoms with Crippen LogP contribution in [-0.2, 0) is 16.0 Å². The molecule has 0 saturated heterocycles. The quantitative estimate of drug-likeness (QED) is 0.306. The number of hydrogen-bond acceptors (Lipinski definition) is 3. The van der Waals surface area contributed by atoms with Crippen LogP contribution < -0.4 is 0 Å². The lowest BCUT2D eigenvalue weighted by molar-refractivity contribution is -0.137. The van der Waals surface area contributed by atoms with E-state index < -0.39 is 26.8 Å². The van der Waals surface area contributed by atoms with E-state index in [-0.39, 0.29) is 23.3 Å². The predicted molar refractivity (Wildman–Crippen MR) is 131 cm³/mol. The molecule has 0 amide bonds. The molecular formula is C27H35F3O3S. The highest BCUT2D eigenvalue weighted by molar-refractivity contribution is 7.92. The molecule has 0 saturated carbocycles. The molecule has 2 rings (SSSR count). The molecule has 34 heavy (non-hydrogen) atoms.